The molecular formula is C13H18ClNO. The number of halogens is 1. The number of anilines is 1. The van der Waals surface area contributed by atoms with Gasteiger partial charge in [-0.2, -0.15) is 0 Å². The van der Waals surface area contributed by atoms with Crippen molar-refractivity contribution in [1.29, 1.82) is 0 Å². The van der Waals surface area contributed by atoms with E-state index in [4.69, 9.17) is 16.3 Å². The molecule has 1 aliphatic heterocycles. The van der Waals surface area contributed by atoms with Crippen LogP contribution in [0.1, 0.15) is 17.5 Å². The summed E-state index contributed by atoms with van der Waals surface area (Å²) in [7, 11) is 1.78. The first kappa shape index (κ1) is 11.7. The molecule has 1 heterocycles. The number of nitrogens with zero attached hydrogens (tertiary/aromatic N) is 1. The van der Waals surface area contributed by atoms with Crippen LogP contribution in [0.15, 0.2) is 18.2 Å². The van der Waals surface area contributed by atoms with E-state index >= 15 is 0 Å². The molecule has 2 nitrogen and oxygen atoms in total. The molecule has 0 spiro atoms. The number of alkyl halides is 1. The lowest BCUT2D eigenvalue weighted by Crippen LogP contribution is -2.23. The summed E-state index contributed by atoms with van der Waals surface area (Å²) in [4.78, 5) is 2.37. The molecule has 0 aliphatic carbocycles. The third-order valence-corrected chi connectivity index (χ3v) is 3.49. The van der Waals surface area contributed by atoms with Crippen molar-refractivity contribution in [2.24, 2.45) is 0 Å². The third-order valence-electron chi connectivity index (χ3n) is 3.20. The van der Waals surface area contributed by atoms with Crippen molar-refractivity contribution in [1.82, 2.24) is 0 Å². The van der Waals surface area contributed by atoms with Gasteiger partial charge in [0.05, 0.1) is 6.10 Å². The molecule has 1 aromatic rings. The lowest BCUT2D eigenvalue weighted by atomic mass is 10.1. The van der Waals surface area contributed by atoms with Crippen LogP contribution in [0.2, 0.25) is 0 Å². The van der Waals surface area contributed by atoms with Gasteiger partial charge in [0, 0.05) is 31.8 Å². The van der Waals surface area contributed by atoms with Crippen LogP contribution >= 0.6 is 11.6 Å². The Morgan fingerprint density at radius 3 is 2.94 bits per heavy atom. The smallest absolute Gasteiger partial charge is 0.0762 e. The molecule has 0 N–H and O–H groups in total. The van der Waals surface area contributed by atoms with Crippen molar-refractivity contribution >= 4 is 17.3 Å². The number of hydrogen-bond donors (Lipinski definition) is 0. The molecule has 1 saturated heterocycles. The topological polar surface area (TPSA) is 12.5 Å². The maximum atomic E-state index is 5.99. The lowest BCUT2D eigenvalue weighted by molar-refractivity contribution is 0.121. The van der Waals surface area contributed by atoms with E-state index < -0.39 is 0 Å². The lowest BCUT2D eigenvalue weighted by Gasteiger charge is -2.21. The quantitative estimate of drug-likeness (QED) is 0.752. The van der Waals surface area contributed by atoms with Gasteiger partial charge in [-0.3, -0.25) is 0 Å². The van der Waals surface area contributed by atoms with E-state index in [1.54, 1.807) is 7.11 Å². The first-order valence-electron chi connectivity index (χ1n) is 5.68. The number of ether oxygens (including phenoxy) is 1. The van der Waals surface area contributed by atoms with Gasteiger partial charge >= 0.3 is 0 Å². The van der Waals surface area contributed by atoms with Crippen LogP contribution < -0.4 is 4.90 Å². The zero-order valence-electron chi connectivity index (χ0n) is 9.87. The molecule has 0 aromatic heterocycles. The average Bonchev–Trinajstić information content (AvgIpc) is 2.77. The van der Waals surface area contributed by atoms with E-state index in [-0.39, 0.29) is 0 Å². The van der Waals surface area contributed by atoms with E-state index in [0.717, 1.165) is 19.5 Å². The van der Waals surface area contributed by atoms with Crippen molar-refractivity contribution in [3.05, 3.63) is 29.3 Å². The van der Waals surface area contributed by atoms with E-state index in [9.17, 15) is 0 Å². The SMILES string of the molecule is COC1CCN(c2ccc(C)cc2CCl)C1. The molecule has 16 heavy (non-hydrogen) atoms. The molecule has 1 unspecified atom stereocenters. The average molecular weight is 240 g/mol. The minimum atomic E-state index is 0.365. The maximum absolute atomic E-state index is 5.99. The summed E-state index contributed by atoms with van der Waals surface area (Å²) in [6, 6.07) is 6.49. The monoisotopic (exact) mass is 239 g/mol. The fraction of sp³-hybridized carbons (Fsp3) is 0.538. The number of rotatable bonds is 3. The summed E-state index contributed by atoms with van der Waals surface area (Å²) in [6.07, 6.45) is 1.47. The van der Waals surface area contributed by atoms with E-state index in [0.29, 0.717) is 12.0 Å². The summed E-state index contributed by atoms with van der Waals surface area (Å²) < 4.78 is 5.39. The van der Waals surface area contributed by atoms with Gasteiger partial charge in [0.25, 0.3) is 0 Å². The summed E-state index contributed by atoms with van der Waals surface area (Å²) in [5.74, 6) is 0.575. The van der Waals surface area contributed by atoms with E-state index in [1.807, 2.05) is 0 Å². The molecule has 1 aromatic carbocycles. The Balaban J connectivity index is 2.20. The van der Waals surface area contributed by atoms with Crippen molar-refractivity contribution in [2.45, 2.75) is 25.3 Å². The molecular weight excluding hydrogens is 222 g/mol. The van der Waals surface area contributed by atoms with Gasteiger partial charge in [-0.15, -0.1) is 11.6 Å². The number of benzene rings is 1. The first-order valence-corrected chi connectivity index (χ1v) is 6.21. The normalized spacial score (nSPS) is 20.4. The van der Waals surface area contributed by atoms with Crippen molar-refractivity contribution in [3.63, 3.8) is 0 Å². The van der Waals surface area contributed by atoms with Gasteiger partial charge in [-0.25, -0.2) is 0 Å². The fourth-order valence-electron chi connectivity index (χ4n) is 2.27. The molecule has 0 saturated carbocycles. The van der Waals surface area contributed by atoms with Crippen LogP contribution in [-0.2, 0) is 10.6 Å². The Bertz CT molecular complexity index is 367. The molecule has 0 bridgehead atoms. The predicted octanol–water partition coefficient (Wildman–Crippen LogP) is 2.96. The molecule has 2 rings (SSSR count). The van der Waals surface area contributed by atoms with Gasteiger partial charge < -0.3 is 9.64 Å². The summed E-state index contributed by atoms with van der Waals surface area (Å²) in [6.45, 7) is 4.14. The van der Waals surface area contributed by atoms with Gasteiger partial charge in [-0.1, -0.05) is 17.7 Å². The second-order valence-electron chi connectivity index (χ2n) is 4.36. The van der Waals surface area contributed by atoms with E-state index in [2.05, 4.69) is 30.0 Å². The Labute approximate surface area is 102 Å². The molecule has 1 atom stereocenters. The zero-order chi connectivity index (χ0) is 11.5. The molecule has 3 heteroatoms. The highest BCUT2D eigenvalue weighted by atomic mass is 35.5. The van der Waals surface area contributed by atoms with Crippen LogP contribution in [0.5, 0.6) is 0 Å². The maximum Gasteiger partial charge on any atom is 0.0762 e. The number of hydrogen-bond acceptors (Lipinski definition) is 2. The number of aryl methyl sites for hydroxylation is 1. The van der Waals surface area contributed by atoms with Crippen molar-refractivity contribution in [2.75, 3.05) is 25.1 Å². The number of methoxy groups -OCH3 is 1. The highest BCUT2D eigenvalue weighted by molar-refractivity contribution is 6.17. The first-order chi connectivity index (χ1) is 7.74. The van der Waals surface area contributed by atoms with Crippen LogP contribution in [0, 0.1) is 6.92 Å². The van der Waals surface area contributed by atoms with Crippen LogP contribution in [0.4, 0.5) is 5.69 Å². The Kier molecular flexibility index (Phi) is 3.72. The largest absolute Gasteiger partial charge is 0.380 e. The summed E-state index contributed by atoms with van der Waals surface area (Å²) in [5, 5.41) is 0. The standard InChI is InChI=1S/C13H18ClNO/c1-10-3-4-13(11(7-10)8-14)15-6-5-12(9-15)16-2/h3-4,7,12H,5-6,8-9H2,1-2H3. The van der Waals surface area contributed by atoms with Crippen molar-refractivity contribution in [3.8, 4) is 0 Å². The Morgan fingerprint density at radius 2 is 2.31 bits per heavy atom. The minimum absolute atomic E-state index is 0.365. The Hall–Kier alpha value is -0.730. The van der Waals surface area contributed by atoms with E-state index in [1.165, 1.54) is 16.8 Å². The second-order valence-corrected chi connectivity index (χ2v) is 4.63. The highest BCUT2D eigenvalue weighted by Gasteiger charge is 2.23. The van der Waals surface area contributed by atoms with Gasteiger partial charge in [0.2, 0.25) is 0 Å². The molecule has 1 aliphatic rings. The van der Waals surface area contributed by atoms with Crippen molar-refractivity contribution < 1.29 is 4.74 Å². The van der Waals surface area contributed by atoms with Gasteiger partial charge in [0.15, 0.2) is 0 Å². The molecule has 0 radical (unpaired) electrons. The zero-order valence-corrected chi connectivity index (χ0v) is 10.6. The van der Waals surface area contributed by atoms with Gasteiger partial charge in [0.1, 0.15) is 0 Å². The molecule has 88 valence electrons. The molecule has 1 fully saturated rings. The molecule has 0 amide bonds. The van der Waals surface area contributed by atoms with Crippen LogP contribution in [0.3, 0.4) is 0 Å². The van der Waals surface area contributed by atoms with Gasteiger partial charge in [-0.05, 0) is 25.0 Å². The fourth-order valence-corrected chi connectivity index (χ4v) is 2.48. The third kappa shape index (κ3) is 2.33. The second kappa shape index (κ2) is 5.07. The summed E-state index contributed by atoms with van der Waals surface area (Å²) >= 11 is 5.99. The minimum Gasteiger partial charge on any atom is -0.380 e. The Morgan fingerprint density at radius 1 is 1.50 bits per heavy atom. The van der Waals surface area contributed by atoms with Crippen LogP contribution in [-0.4, -0.2) is 26.3 Å². The highest BCUT2D eigenvalue weighted by Crippen LogP contribution is 2.27. The summed E-state index contributed by atoms with van der Waals surface area (Å²) in [5.41, 5.74) is 3.75. The van der Waals surface area contributed by atoms with Crippen LogP contribution in [0.25, 0.3) is 0 Å². The predicted molar refractivity (Wildman–Crippen MR) is 68.4 cm³/mol.